The molecule has 0 saturated heterocycles. The predicted octanol–water partition coefficient (Wildman–Crippen LogP) is 2.99. The lowest BCUT2D eigenvalue weighted by Gasteiger charge is -2.07. The Morgan fingerprint density at radius 1 is 1.23 bits per heavy atom. The number of nitrogens with zero attached hydrogens (tertiary/aromatic N) is 4. The summed E-state index contributed by atoms with van der Waals surface area (Å²) in [6.45, 7) is 0. The second-order valence-electron chi connectivity index (χ2n) is 4.98. The van der Waals surface area contributed by atoms with E-state index in [2.05, 4.69) is 31.2 Å². The van der Waals surface area contributed by atoms with Gasteiger partial charge in [0, 0.05) is 10.7 Å². The highest BCUT2D eigenvalue weighted by atomic mass is 79.9. The summed E-state index contributed by atoms with van der Waals surface area (Å²) >= 11 is 3.23. The number of halogens is 4. The van der Waals surface area contributed by atoms with Gasteiger partial charge in [-0.25, -0.2) is 14.3 Å². The number of hydrogen-bond donors (Lipinski definition) is 1. The zero-order valence-electron chi connectivity index (χ0n) is 12.7. The van der Waals surface area contributed by atoms with Crippen molar-refractivity contribution in [1.29, 1.82) is 0 Å². The van der Waals surface area contributed by atoms with Gasteiger partial charge in [-0.05, 0) is 30.3 Å². The predicted molar refractivity (Wildman–Crippen MR) is 88.3 cm³/mol. The Bertz CT molecular complexity index is 999. The van der Waals surface area contributed by atoms with E-state index < -0.39 is 17.8 Å². The van der Waals surface area contributed by atoms with Crippen molar-refractivity contribution in [1.82, 2.24) is 14.6 Å². The first-order valence-electron chi connectivity index (χ1n) is 6.98. The fourth-order valence-electron chi connectivity index (χ4n) is 2.07. The van der Waals surface area contributed by atoms with Gasteiger partial charge in [0.2, 0.25) is 0 Å². The number of carbonyl (C=O) groups excluding carboxylic acids is 1. The molecule has 0 unspecified atom stereocenters. The molecule has 0 radical (unpaired) electrons. The van der Waals surface area contributed by atoms with Gasteiger partial charge in [0.05, 0.1) is 17.3 Å². The quantitative estimate of drug-likeness (QED) is 0.300. The molecule has 7 nitrogen and oxygen atoms in total. The molecule has 11 heteroatoms. The summed E-state index contributed by atoms with van der Waals surface area (Å²) in [4.78, 5) is 20.4. The summed E-state index contributed by atoms with van der Waals surface area (Å²) in [6.07, 6.45) is -2.58. The van der Waals surface area contributed by atoms with Crippen LogP contribution < -0.4 is 5.73 Å². The van der Waals surface area contributed by atoms with Gasteiger partial charge in [-0.15, -0.1) is 0 Å². The molecule has 2 aromatic heterocycles. The summed E-state index contributed by atoms with van der Waals surface area (Å²) in [5.41, 5.74) is 4.74. The second-order valence-corrected chi connectivity index (χ2v) is 5.90. The van der Waals surface area contributed by atoms with E-state index in [0.717, 1.165) is 22.9 Å². The molecule has 0 bridgehead atoms. The smallest absolute Gasteiger partial charge is 0.380 e. The monoisotopic (exact) mass is 427 g/mol. The van der Waals surface area contributed by atoms with Gasteiger partial charge in [0.15, 0.2) is 11.5 Å². The van der Waals surface area contributed by atoms with Crippen LogP contribution in [0.1, 0.15) is 21.6 Å². The van der Waals surface area contributed by atoms with E-state index >= 15 is 0 Å². The minimum absolute atomic E-state index is 0.000272. The third-order valence-corrected chi connectivity index (χ3v) is 3.80. The molecule has 1 aromatic carbocycles. The van der Waals surface area contributed by atoms with Crippen LogP contribution in [0, 0.1) is 0 Å². The first-order valence-corrected chi connectivity index (χ1v) is 7.77. The van der Waals surface area contributed by atoms with Gasteiger partial charge in [0.1, 0.15) is 5.69 Å². The fourth-order valence-corrected chi connectivity index (χ4v) is 2.33. The van der Waals surface area contributed by atoms with E-state index in [0.29, 0.717) is 4.52 Å². The molecule has 0 saturated carbocycles. The number of fused-ring (bicyclic) bond motifs is 1. The zero-order valence-corrected chi connectivity index (χ0v) is 14.3. The van der Waals surface area contributed by atoms with E-state index in [1.807, 2.05) is 0 Å². The molecule has 26 heavy (non-hydrogen) atoms. The molecule has 0 amide bonds. The third kappa shape index (κ3) is 3.52. The number of hydrogen-bond acceptors (Lipinski definition) is 5. The van der Waals surface area contributed by atoms with Crippen molar-refractivity contribution < 1.29 is 22.8 Å². The van der Waals surface area contributed by atoms with Crippen LogP contribution in [0.15, 0.2) is 52.4 Å². The van der Waals surface area contributed by atoms with E-state index in [4.69, 9.17) is 10.6 Å². The number of nitrogens with two attached hydrogens (primary N) is 1. The number of amidine groups is 1. The molecule has 0 aliphatic rings. The molecule has 3 aromatic rings. The molecule has 0 spiro atoms. The molecule has 0 atom stereocenters. The maximum atomic E-state index is 13.0. The van der Waals surface area contributed by atoms with Crippen molar-refractivity contribution in [3.05, 3.63) is 64.0 Å². The molecule has 0 aliphatic carbocycles. The maximum Gasteiger partial charge on any atom is 0.433 e. The van der Waals surface area contributed by atoms with E-state index in [-0.39, 0.29) is 22.6 Å². The summed E-state index contributed by atoms with van der Waals surface area (Å²) in [7, 11) is 0. The van der Waals surface area contributed by atoms with E-state index in [1.54, 1.807) is 12.1 Å². The van der Waals surface area contributed by atoms with Crippen LogP contribution in [0.2, 0.25) is 0 Å². The van der Waals surface area contributed by atoms with Gasteiger partial charge >= 0.3 is 12.1 Å². The minimum atomic E-state index is -4.62. The molecule has 0 fully saturated rings. The zero-order chi connectivity index (χ0) is 18.9. The standard InChI is InChI=1S/C15H9BrF3N5O2/c16-9-3-1-8(2-4-9)14(25)26-23-12(20)10-7-22-24-11(15(17,18)19)5-6-21-13(10)24/h1-7H,(H2,20,23). The fraction of sp³-hybridized carbons (Fsp3) is 0.0667. The first-order chi connectivity index (χ1) is 12.3. The Hall–Kier alpha value is -2.95. The molecular weight excluding hydrogens is 419 g/mol. The Balaban J connectivity index is 1.88. The van der Waals surface area contributed by atoms with Crippen LogP contribution in [0.3, 0.4) is 0 Å². The largest absolute Gasteiger partial charge is 0.433 e. The average Bonchev–Trinajstić information content (AvgIpc) is 3.03. The maximum absolute atomic E-state index is 13.0. The number of carbonyl (C=O) groups is 1. The Morgan fingerprint density at radius 3 is 2.58 bits per heavy atom. The van der Waals surface area contributed by atoms with Crippen molar-refractivity contribution in [2.45, 2.75) is 6.18 Å². The van der Waals surface area contributed by atoms with E-state index in [9.17, 15) is 18.0 Å². The molecule has 3 rings (SSSR count). The van der Waals surface area contributed by atoms with Crippen molar-refractivity contribution in [2.24, 2.45) is 10.9 Å². The van der Waals surface area contributed by atoms with Gasteiger partial charge in [-0.2, -0.15) is 18.3 Å². The van der Waals surface area contributed by atoms with E-state index in [1.165, 1.54) is 12.1 Å². The van der Waals surface area contributed by atoms with Gasteiger partial charge in [-0.3, -0.25) is 0 Å². The van der Waals surface area contributed by atoms with Gasteiger partial charge in [-0.1, -0.05) is 21.1 Å². The number of benzene rings is 1. The summed E-state index contributed by atoms with van der Waals surface area (Å²) in [6, 6.07) is 7.06. The Kier molecular flexibility index (Phi) is 4.64. The topological polar surface area (TPSA) is 94.9 Å². The lowest BCUT2D eigenvalue weighted by Crippen LogP contribution is -2.17. The summed E-state index contributed by atoms with van der Waals surface area (Å²) in [5.74, 6) is -1.11. The van der Waals surface area contributed by atoms with Crippen LogP contribution in [0.5, 0.6) is 0 Å². The highest BCUT2D eigenvalue weighted by molar-refractivity contribution is 9.10. The number of rotatable bonds is 3. The second kappa shape index (κ2) is 6.75. The Morgan fingerprint density at radius 2 is 1.92 bits per heavy atom. The summed E-state index contributed by atoms with van der Waals surface area (Å²) in [5, 5.41) is 7.09. The van der Waals surface area contributed by atoms with Crippen molar-refractivity contribution >= 4 is 33.4 Å². The van der Waals surface area contributed by atoms with Crippen molar-refractivity contribution in [2.75, 3.05) is 0 Å². The van der Waals surface area contributed by atoms with Gasteiger partial charge in [0.25, 0.3) is 0 Å². The van der Waals surface area contributed by atoms with Crippen LogP contribution >= 0.6 is 15.9 Å². The minimum Gasteiger partial charge on any atom is -0.380 e. The molecular formula is C15H9BrF3N5O2. The molecule has 0 aliphatic heterocycles. The highest BCUT2D eigenvalue weighted by Crippen LogP contribution is 2.29. The molecule has 134 valence electrons. The van der Waals surface area contributed by atoms with Gasteiger partial charge < -0.3 is 10.6 Å². The average molecular weight is 428 g/mol. The Labute approximate surface area is 152 Å². The van der Waals surface area contributed by atoms with Crippen LogP contribution in [0.25, 0.3) is 5.65 Å². The van der Waals surface area contributed by atoms with Crippen molar-refractivity contribution in [3.8, 4) is 0 Å². The first kappa shape index (κ1) is 17.9. The molecule has 2 N–H and O–H groups in total. The lowest BCUT2D eigenvalue weighted by molar-refractivity contribution is -0.142. The number of alkyl halides is 3. The van der Waals surface area contributed by atoms with Crippen LogP contribution in [0.4, 0.5) is 13.2 Å². The van der Waals surface area contributed by atoms with Crippen LogP contribution in [-0.4, -0.2) is 26.4 Å². The lowest BCUT2D eigenvalue weighted by atomic mass is 10.2. The van der Waals surface area contributed by atoms with Crippen molar-refractivity contribution in [3.63, 3.8) is 0 Å². The number of aromatic nitrogens is 3. The molecule has 2 heterocycles. The number of oxime groups is 1. The third-order valence-electron chi connectivity index (χ3n) is 3.27. The normalized spacial score (nSPS) is 12.4. The highest BCUT2D eigenvalue weighted by Gasteiger charge is 2.34. The van der Waals surface area contributed by atoms with Crippen LogP contribution in [-0.2, 0) is 11.0 Å². The summed E-state index contributed by atoms with van der Waals surface area (Å²) < 4.78 is 40.3. The SMILES string of the molecule is N/C(=N/OC(=O)c1ccc(Br)cc1)c1cnn2c(C(F)(F)F)ccnc12.